The van der Waals surface area contributed by atoms with Crippen LogP contribution in [-0.2, 0) is 19.4 Å². The third-order valence-electron chi connectivity index (χ3n) is 4.98. The van der Waals surface area contributed by atoms with Gasteiger partial charge in [0.2, 0.25) is 0 Å². The number of sulfone groups is 1. The smallest absolute Gasteiger partial charge is 0.333 e. The lowest BCUT2D eigenvalue weighted by atomic mass is 10.2. The maximum atomic E-state index is 12.4. The summed E-state index contributed by atoms with van der Waals surface area (Å²) in [5, 5.41) is 8.40. The molecule has 172 valence electrons. The van der Waals surface area contributed by atoms with Crippen molar-refractivity contribution in [3.8, 4) is 0 Å². The molecule has 2 rings (SSSR count). The number of carbonyl (C=O) groups is 1. The Labute approximate surface area is 190 Å². The van der Waals surface area contributed by atoms with Crippen molar-refractivity contribution in [1.29, 1.82) is 0 Å². The Morgan fingerprint density at radius 1 is 1.06 bits per heavy atom. The molecule has 7 nitrogen and oxygen atoms in total. The zero-order valence-corrected chi connectivity index (χ0v) is 19.9. The zero-order valence-electron chi connectivity index (χ0n) is 19.1. The molecule has 8 heteroatoms. The summed E-state index contributed by atoms with van der Waals surface area (Å²) >= 11 is 0. The van der Waals surface area contributed by atoms with E-state index < -0.39 is 15.8 Å². The number of carbonyl (C=O) groups excluding carboxylic acids is 1. The van der Waals surface area contributed by atoms with E-state index in [0.717, 1.165) is 12.1 Å². The average Bonchev–Trinajstić information content (AvgIpc) is 2.77. The van der Waals surface area contributed by atoms with Gasteiger partial charge in [0.05, 0.1) is 28.6 Å². The Morgan fingerprint density at radius 3 is 2.09 bits per heavy atom. The van der Waals surface area contributed by atoms with Crippen molar-refractivity contribution in [3.63, 3.8) is 0 Å². The topological polar surface area (TPSA) is 88.4 Å². The minimum Gasteiger partial charge on any atom is -0.460 e. The van der Waals surface area contributed by atoms with E-state index in [9.17, 15) is 13.2 Å². The molecule has 1 atom stereocenters. The summed E-state index contributed by atoms with van der Waals surface area (Å²) < 4.78 is 30.0. The van der Waals surface area contributed by atoms with Crippen LogP contribution in [-0.4, -0.2) is 40.3 Å². The molecule has 0 fully saturated rings. The minimum atomic E-state index is -3.29. The second kappa shape index (κ2) is 11.6. The zero-order chi connectivity index (χ0) is 23.7. The SMILES string of the molecule is C=C(C)C(=O)OCCN(C)c1ccc(/N=N/c2ccc(S(=O)(=O)C[C@H](C)CC)cc2)cc1. The van der Waals surface area contributed by atoms with Crippen molar-refractivity contribution in [2.24, 2.45) is 16.1 Å². The molecule has 2 aromatic carbocycles. The Balaban J connectivity index is 1.95. The first-order chi connectivity index (χ1) is 15.1. The Hall–Kier alpha value is -3.00. The van der Waals surface area contributed by atoms with Gasteiger partial charge in [-0.25, -0.2) is 13.2 Å². The lowest BCUT2D eigenvalue weighted by molar-refractivity contribution is -0.138. The standard InChI is InChI=1S/C24H31N3O4S/c1-6-19(4)17-32(29,30)23-13-9-21(10-14-23)26-25-20-7-11-22(12-8-20)27(5)15-16-31-24(28)18(2)3/h7-14,19H,2,6,15-17H2,1,3-5H3/b26-25+/t19-/m1/s1. The van der Waals surface area contributed by atoms with E-state index in [1.54, 1.807) is 31.2 Å². The van der Waals surface area contributed by atoms with E-state index in [1.165, 1.54) is 0 Å². The molecule has 0 aliphatic rings. The molecule has 0 aromatic heterocycles. The van der Waals surface area contributed by atoms with Crippen LogP contribution in [0.3, 0.4) is 0 Å². The fraction of sp³-hybridized carbons (Fsp3) is 0.375. The largest absolute Gasteiger partial charge is 0.460 e. The maximum absolute atomic E-state index is 12.4. The van der Waals surface area contributed by atoms with Crippen LogP contribution in [0.5, 0.6) is 0 Å². The summed E-state index contributed by atoms with van der Waals surface area (Å²) in [4.78, 5) is 13.7. The highest BCUT2D eigenvalue weighted by atomic mass is 32.2. The predicted octanol–water partition coefficient (Wildman–Crippen LogP) is 5.48. The lowest BCUT2D eigenvalue weighted by Gasteiger charge is -2.19. The van der Waals surface area contributed by atoms with E-state index in [4.69, 9.17) is 4.74 Å². The minimum absolute atomic E-state index is 0.118. The van der Waals surface area contributed by atoms with E-state index in [1.807, 2.05) is 50.1 Å². The first-order valence-corrected chi connectivity index (χ1v) is 12.2. The molecule has 0 unspecified atom stereocenters. The molecule has 0 saturated heterocycles. The number of esters is 1. The summed E-state index contributed by atoms with van der Waals surface area (Å²) in [5.41, 5.74) is 2.58. The lowest BCUT2D eigenvalue weighted by Crippen LogP contribution is -2.23. The molecule has 0 amide bonds. The van der Waals surface area contributed by atoms with Crippen LogP contribution in [0.4, 0.5) is 17.1 Å². The summed E-state index contributed by atoms with van der Waals surface area (Å²) in [6.07, 6.45) is 0.822. The van der Waals surface area contributed by atoms with Crippen LogP contribution in [0.1, 0.15) is 27.2 Å². The first kappa shape index (κ1) is 25.3. The highest BCUT2D eigenvalue weighted by Crippen LogP contribution is 2.24. The first-order valence-electron chi connectivity index (χ1n) is 10.5. The second-order valence-electron chi connectivity index (χ2n) is 7.84. The number of likely N-dealkylation sites (N-methyl/N-ethyl adjacent to an activating group) is 1. The van der Waals surface area contributed by atoms with Crippen LogP contribution in [0.15, 0.2) is 75.8 Å². The van der Waals surface area contributed by atoms with Crippen molar-refractivity contribution < 1.29 is 17.9 Å². The molecule has 0 aliphatic heterocycles. The van der Waals surface area contributed by atoms with Gasteiger partial charge in [0.15, 0.2) is 9.84 Å². The van der Waals surface area contributed by atoms with Crippen LogP contribution in [0.25, 0.3) is 0 Å². The summed E-state index contributed by atoms with van der Waals surface area (Å²) in [7, 11) is -1.39. The van der Waals surface area contributed by atoms with Gasteiger partial charge < -0.3 is 9.64 Å². The van der Waals surface area contributed by atoms with Crippen LogP contribution in [0.2, 0.25) is 0 Å². The number of anilines is 1. The Morgan fingerprint density at radius 2 is 1.59 bits per heavy atom. The van der Waals surface area contributed by atoms with Gasteiger partial charge in [0.25, 0.3) is 0 Å². The maximum Gasteiger partial charge on any atom is 0.333 e. The van der Waals surface area contributed by atoms with Crippen molar-refractivity contribution >= 4 is 32.9 Å². The van der Waals surface area contributed by atoms with Gasteiger partial charge in [-0.2, -0.15) is 10.2 Å². The number of ether oxygens (including phenoxy) is 1. The fourth-order valence-corrected chi connectivity index (χ4v) is 4.45. The molecule has 32 heavy (non-hydrogen) atoms. The Kier molecular flexibility index (Phi) is 9.13. The molecule has 0 aliphatic carbocycles. The van der Waals surface area contributed by atoms with E-state index in [0.29, 0.717) is 28.4 Å². The number of hydrogen-bond donors (Lipinski definition) is 0. The van der Waals surface area contributed by atoms with Crippen LogP contribution < -0.4 is 4.90 Å². The van der Waals surface area contributed by atoms with Crippen molar-refractivity contribution in [3.05, 3.63) is 60.7 Å². The fourth-order valence-electron chi connectivity index (χ4n) is 2.73. The van der Waals surface area contributed by atoms with Crippen LogP contribution in [0, 0.1) is 5.92 Å². The van der Waals surface area contributed by atoms with E-state index in [-0.39, 0.29) is 18.3 Å². The Bertz CT molecular complexity index is 1050. The van der Waals surface area contributed by atoms with Gasteiger partial charge in [-0.3, -0.25) is 0 Å². The number of benzene rings is 2. The number of azo groups is 1. The van der Waals surface area contributed by atoms with Gasteiger partial charge in [-0.05, 0) is 61.4 Å². The van der Waals surface area contributed by atoms with Crippen molar-refractivity contribution in [1.82, 2.24) is 0 Å². The van der Waals surface area contributed by atoms with Gasteiger partial charge in [0, 0.05) is 18.3 Å². The highest BCUT2D eigenvalue weighted by molar-refractivity contribution is 7.91. The van der Waals surface area contributed by atoms with Crippen molar-refractivity contribution in [2.75, 3.05) is 30.9 Å². The molecular weight excluding hydrogens is 426 g/mol. The second-order valence-corrected chi connectivity index (χ2v) is 9.88. The number of rotatable bonds is 11. The molecule has 0 heterocycles. The summed E-state index contributed by atoms with van der Waals surface area (Å²) in [6, 6.07) is 13.9. The average molecular weight is 458 g/mol. The monoisotopic (exact) mass is 457 g/mol. The molecule has 0 radical (unpaired) electrons. The summed E-state index contributed by atoms with van der Waals surface area (Å²) in [6.45, 7) is 9.90. The highest BCUT2D eigenvalue weighted by Gasteiger charge is 2.17. The molecule has 2 aromatic rings. The van der Waals surface area contributed by atoms with E-state index >= 15 is 0 Å². The van der Waals surface area contributed by atoms with Gasteiger partial charge >= 0.3 is 5.97 Å². The van der Waals surface area contributed by atoms with Gasteiger partial charge in [0.1, 0.15) is 6.61 Å². The third-order valence-corrected chi connectivity index (χ3v) is 6.97. The molecule has 0 bridgehead atoms. The normalized spacial score (nSPS) is 12.5. The molecule has 0 N–H and O–H groups in total. The number of hydrogen-bond acceptors (Lipinski definition) is 7. The van der Waals surface area contributed by atoms with Crippen molar-refractivity contribution in [2.45, 2.75) is 32.1 Å². The molecular formula is C24H31N3O4S. The molecule has 0 spiro atoms. The third kappa shape index (κ3) is 7.60. The predicted molar refractivity (Wildman–Crippen MR) is 128 cm³/mol. The van der Waals surface area contributed by atoms with E-state index in [2.05, 4.69) is 16.8 Å². The molecule has 0 saturated carbocycles. The van der Waals surface area contributed by atoms with Crippen LogP contribution >= 0.6 is 0 Å². The summed E-state index contributed by atoms with van der Waals surface area (Å²) in [5.74, 6) is -0.135. The number of nitrogens with zero attached hydrogens (tertiary/aromatic N) is 3. The quantitative estimate of drug-likeness (QED) is 0.253. The van der Waals surface area contributed by atoms with Gasteiger partial charge in [-0.1, -0.05) is 26.8 Å². The van der Waals surface area contributed by atoms with Gasteiger partial charge in [-0.15, -0.1) is 0 Å².